The Morgan fingerprint density at radius 3 is 2.28 bits per heavy atom. The third-order valence-electron chi connectivity index (χ3n) is 2.46. The predicted molar refractivity (Wildman–Crippen MR) is 72.8 cm³/mol. The maximum absolute atomic E-state index is 11.6. The van der Waals surface area contributed by atoms with E-state index < -0.39 is 11.2 Å². The van der Waals surface area contributed by atoms with Crippen LogP contribution in [0.1, 0.15) is 26.3 Å². The van der Waals surface area contributed by atoms with Crippen LogP contribution in [0.2, 0.25) is 0 Å². The molecular weight excluding hydrogens is 248 g/mol. The highest BCUT2D eigenvalue weighted by Gasteiger charge is 2.25. The molecule has 18 heavy (non-hydrogen) atoms. The summed E-state index contributed by atoms with van der Waals surface area (Å²) in [5.41, 5.74) is 1.23. The predicted octanol–water partition coefficient (Wildman–Crippen LogP) is 2.86. The lowest BCUT2D eigenvalue weighted by atomic mass is 10.2. The van der Waals surface area contributed by atoms with E-state index in [9.17, 15) is 9.59 Å². The number of benzene rings is 1. The number of hydrogen-bond acceptors (Lipinski definition) is 4. The zero-order chi connectivity index (χ0) is 13.5. The molecule has 0 saturated carbocycles. The molecule has 98 valence electrons. The smallest absolute Gasteiger partial charge is 0.327 e. The van der Waals surface area contributed by atoms with Gasteiger partial charge >= 0.3 is 5.97 Å². The Kier molecular flexibility index (Phi) is 5.92. The van der Waals surface area contributed by atoms with Crippen molar-refractivity contribution < 1.29 is 14.3 Å². The van der Waals surface area contributed by atoms with Crippen LogP contribution in [0.5, 0.6) is 0 Å². The molecule has 0 spiro atoms. The third-order valence-corrected chi connectivity index (χ3v) is 3.76. The number of carbonyl (C=O) groups excluding carboxylic acids is 2. The molecule has 1 aromatic rings. The molecule has 0 aliphatic rings. The quantitative estimate of drug-likeness (QED) is 0.451. The van der Waals surface area contributed by atoms with Gasteiger partial charge in [0.25, 0.3) is 0 Å². The van der Waals surface area contributed by atoms with Crippen LogP contribution >= 0.6 is 11.8 Å². The fourth-order valence-corrected chi connectivity index (χ4v) is 2.35. The summed E-state index contributed by atoms with van der Waals surface area (Å²) in [5, 5.41) is -0.766. The molecule has 1 aromatic carbocycles. The van der Waals surface area contributed by atoms with Gasteiger partial charge in [-0.2, -0.15) is 0 Å². The van der Waals surface area contributed by atoms with Gasteiger partial charge in [-0.25, -0.2) is 0 Å². The fourth-order valence-electron chi connectivity index (χ4n) is 1.45. The Hall–Kier alpha value is -1.29. The maximum atomic E-state index is 11.6. The van der Waals surface area contributed by atoms with E-state index in [1.807, 2.05) is 24.3 Å². The third kappa shape index (κ3) is 4.18. The minimum absolute atomic E-state index is 0.182. The number of aryl methyl sites for hydroxylation is 1. The van der Waals surface area contributed by atoms with Crippen molar-refractivity contribution in [2.45, 2.75) is 37.3 Å². The van der Waals surface area contributed by atoms with E-state index in [1.165, 1.54) is 24.2 Å². The van der Waals surface area contributed by atoms with Gasteiger partial charge in [-0.1, -0.05) is 19.1 Å². The minimum atomic E-state index is -0.766. The zero-order valence-electron chi connectivity index (χ0n) is 10.9. The van der Waals surface area contributed by atoms with E-state index in [2.05, 4.69) is 6.92 Å². The molecule has 0 saturated heterocycles. The van der Waals surface area contributed by atoms with Crippen molar-refractivity contribution in [3.63, 3.8) is 0 Å². The van der Waals surface area contributed by atoms with E-state index in [0.717, 1.165) is 11.3 Å². The van der Waals surface area contributed by atoms with Crippen LogP contribution in [0.4, 0.5) is 0 Å². The summed E-state index contributed by atoms with van der Waals surface area (Å²) in [6.07, 6.45) is 0.971. The number of thioether (sulfide) groups is 1. The summed E-state index contributed by atoms with van der Waals surface area (Å²) in [6, 6.07) is 7.87. The maximum Gasteiger partial charge on any atom is 0.327 e. The first-order chi connectivity index (χ1) is 8.58. The molecule has 0 amide bonds. The monoisotopic (exact) mass is 266 g/mol. The summed E-state index contributed by atoms with van der Waals surface area (Å²) in [6.45, 7) is 5.52. The molecule has 0 radical (unpaired) electrons. The Balaban J connectivity index is 2.76. The van der Waals surface area contributed by atoms with Gasteiger partial charge in [-0.05, 0) is 38.0 Å². The van der Waals surface area contributed by atoms with Crippen LogP contribution in [0, 0.1) is 0 Å². The molecule has 0 heterocycles. The van der Waals surface area contributed by atoms with E-state index in [0.29, 0.717) is 0 Å². The lowest BCUT2D eigenvalue weighted by Crippen LogP contribution is -2.27. The molecule has 0 bridgehead atoms. The molecule has 1 rings (SSSR count). The number of carbonyl (C=O) groups is 2. The van der Waals surface area contributed by atoms with Crippen molar-refractivity contribution in [1.82, 2.24) is 0 Å². The van der Waals surface area contributed by atoms with Crippen LogP contribution in [0.25, 0.3) is 0 Å². The topological polar surface area (TPSA) is 43.4 Å². The molecule has 1 atom stereocenters. The minimum Gasteiger partial charge on any atom is -0.465 e. The molecule has 1 unspecified atom stereocenters. The molecular formula is C14H18O3S. The number of rotatable bonds is 6. The van der Waals surface area contributed by atoms with Gasteiger partial charge in [0.2, 0.25) is 0 Å². The summed E-state index contributed by atoms with van der Waals surface area (Å²) >= 11 is 1.24. The standard InChI is InChI=1S/C14H18O3S/c1-4-11-6-8-12(9-7-11)18-13(10(3)15)14(16)17-5-2/h6-9,13H,4-5H2,1-3H3. The molecule has 0 aliphatic carbocycles. The average molecular weight is 266 g/mol. The number of ether oxygens (including phenoxy) is 1. The highest BCUT2D eigenvalue weighted by atomic mass is 32.2. The van der Waals surface area contributed by atoms with Crippen LogP contribution in [0.3, 0.4) is 0 Å². The van der Waals surface area contributed by atoms with Gasteiger partial charge in [0.05, 0.1) is 6.61 Å². The molecule has 0 fully saturated rings. The average Bonchev–Trinajstić information content (AvgIpc) is 2.36. The second-order valence-electron chi connectivity index (χ2n) is 3.86. The molecule has 0 aromatic heterocycles. The molecule has 0 aliphatic heterocycles. The summed E-state index contributed by atoms with van der Waals surface area (Å²) in [7, 11) is 0. The SMILES string of the molecule is CCOC(=O)C(Sc1ccc(CC)cc1)C(C)=O. The second-order valence-corrected chi connectivity index (χ2v) is 5.04. The molecule has 4 heteroatoms. The number of ketones is 1. The lowest BCUT2D eigenvalue weighted by molar-refractivity contribution is -0.144. The van der Waals surface area contributed by atoms with Crippen LogP contribution in [0.15, 0.2) is 29.2 Å². The van der Waals surface area contributed by atoms with Crippen LogP contribution < -0.4 is 0 Å². The Morgan fingerprint density at radius 1 is 1.22 bits per heavy atom. The van der Waals surface area contributed by atoms with Crippen molar-refractivity contribution in [2.24, 2.45) is 0 Å². The van der Waals surface area contributed by atoms with Crippen molar-refractivity contribution >= 4 is 23.5 Å². The second kappa shape index (κ2) is 7.21. The normalized spacial score (nSPS) is 11.9. The Bertz CT molecular complexity index is 412. The lowest BCUT2D eigenvalue weighted by Gasteiger charge is -2.12. The van der Waals surface area contributed by atoms with Crippen molar-refractivity contribution in [2.75, 3.05) is 6.61 Å². The van der Waals surface area contributed by atoms with Crippen LogP contribution in [-0.2, 0) is 20.7 Å². The van der Waals surface area contributed by atoms with Crippen molar-refractivity contribution in [3.05, 3.63) is 29.8 Å². The largest absolute Gasteiger partial charge is 0.465 e. The van der Waals surface area contributed by atoms with Crippen molar-refractivity contribution in [3.8, 4) is 0 Å². The van der Waals surface area contributed by atoms with Gasteiger partial charge in [0.1, 0.15) is 0 Å². The van der Waals surface area contributed by atoms with Crippen molar-refractivity contribution in [1.29, 1.82) is 0 Å². The first kappa shape index (κ1) is 14.8. The van der Waals surface area contributed by atoms with E-state index in [1.54, 1.807) is 6.92 Å². The number of hydrogen-bond donors (Lipinski definition) is 0. The summed E-state index contributed by atoms with van der Waals surface area (Å²) in [4.78, 5) is 24.0. The van der Waals surface area contributed by atoms with E-state index in [4.69, 9.17) is 4.74 Å². The highest BCUT2D eigenvalue weighted by Crippen LogP contribution is 2.25. The summed E-state index contributed by atoms with van der Waals surface area (Å²) < 4.78 is 4.90. The number of esters is 1. The first-order valence-electron chi connectivity index (χ1n) is 6.01. The zero-order valence-corrected chi connectivity index (χ0v) is 11.8. The Morgan fingerprint density at radius 2 is 1.83 bits per heavy atom. The van der Waals surface area contributed by atoms with Gasteiger partial charge in [0, 0.05) is 4.90 Å². The first-order valence-corrected chi connectivity index (χ1v) is 6.89. The molecule has 3 nitrogen and oxygen atoms in total. The van der Waals surface area contributed by atoms with E-state index >= 15 is 0 Å². The fraction of sp³-hybridized carbons (Fsp3) is 0.429. The molecule has 0 N–H and O–H groups in total. The summed E-state index contributed by atoms with van der Waals surface area (Å²) in [5.74, 6) is -0.646. The van der Waals surface area contributed by atoms with Gasteiger partial charge in [-0.3, -0.25) is 9.59 Å². The Labute approximate surface area is 112 Å². The van der Waals surface area contributed by atoms with E-state index in [-0.39, 0.29) is 12.4 Å². The van der Waals surface area contributed by atoms with Gasteiger partial charge < -0.3 is 4.74 Å². The highest BCUT2D eigenvalue weighted by molar-refractivity contribution is 8.01. The van der Waals surface area contributed by atoms with Crippen LogP contribution in [-0.4, -0.2) is 23.6 Å². The number of Topliss-reactive ketones (excluding diaryl/α,β-unsaturated/α-hetero) is 1. The van der Waals surface area contributed by atoms with Gasteiger partial charge in [0.15, 0.2) is 11.0 Å². The van der Waals surface area contributed by atoms with Gasteiger partial charge in [-0.15, -0.1) is 11.8 Å².